The molecule has 29 heavy (non-hydrogen) atoms. The highest BCUT2D eigenvalue weighted by atomic mass is 16.4. The fourth-order valence-corrected chi connectivity index (χ4v) is 3.46. The third kappa shape index (κ3) is 4.51. The van der Waals surface area contributed by atoms with Crippen LogP contribution in [0.3, 0.4) is 0 Å². The number of ketones is 1. The second kappa shape index (κ2) is 8.68. The number of aliphatic carboxylic acids is 1. The molecule has 0 aliphatic carbocycles. The summed E-state index contributed by atoms with van der Waals surface area (Å²) in [6.07, 6.45) is 0.0589. The van der Waals surface area contributed by atoms with Crippen LogP contribution >= 0.6 is 0 Å². The Hall–Kier alpha value is -3.48. The van der Waals surface area contributed by atoms with E-state index in [-0.39, 0.29) is 19.0 Å². The number of rotatable bonds is 6. The molecule has 0 spiro atoms. The van der Waals surface area contributed by atoms with Gasteiger partial charge in [0.15, 0.2) is 11.7 Å². The van der Waals surface area contributed by atoms with Crippen molar-refractivity contribution in [2.75, 3.05) is 13.1 Å². The van der Waals surface area contributed by atoms with Crippen molar-refractivity contribution in [1.82, 2.24) is 10.2 Å². The van der Waals surface area contributed by atoms with Gasteiger partial charge in [-0.25, -0.2) is 0 Å². The molecule has 2 unspecified atom stereocenters. The van der Waals surface area contributed by atoms with Gasteiger partial charge in [0.1, 0.15) is 6.54 Å². The van der Waals surface area contributed by atoms with Crippen molar-refractivity contribution < 1.29 is 24.3 Å². The number of carboxylic acid groups (broad SMARTS) is 1. The molecule has 7 heteroatoms. The molecule has 1 saturated heterocycles. The van der Waals surface area contributed by atoms with Crippen molar-refractivity contribution in [3.05, 3.63) is 60.2 Å². The predicted molar refractivity (Wildman–Crippen MR) is 106 cm³/mol. The number of hydrogen-bond acceptors (Lipinski definition) is 4. The Morgan fingerprint density at radius 3 is 2.31 bits per heavy atom. The maximum atomic E-state index is 12.8. The summed E-state index contributed by atoms with van der Waals surface area (Å²) >= 11 is 0. The second-order valence-corrected chi connectivity index (χ2v) is 6.96. The predicted octanol–water partition coefficient (Wildman–Crippen LogP) is 2.03. The number of piperidine rings is 1. The molecule has 1 aliphatic heterocycles. The van der Waals surface area contributed by atoms with E-state index in [1.165, 1.54) is 4.90 Å². The molecule has 7 nitrogen and oxygen atoms in total. The van der Waals surface area contributed by atoms with Crippen LogP contribution in [-0.2, 0) is 19.2 Å². The minimum Gasteiger partial charge on any atom is -0.480 e. The zero-order valence-electron chi connectivity index (χ0n) is 16.0. The highest BCUT2D eigenvalue weighted by molar-refractivity contribution is 6.19. The van der Waals surface area contributed by atoms with Crippen LogP contribution in [0.5, 0.6) is 0 Å². The molecule has 2 N–H and O–H groups in total. The number of carbonyl (C=O) groups excluding carboxylic acids is 3. The number of hydrogen-bond donors (Lipinski definition) is 2. The number of likely N-dealkylation sites (tertiary alicyclic amines) is 1. The monoisotopic (exact) mass is 394 g/mol. The van der Waals surface area contributed by atoms with Crippen LogP contribution in [0.4, 0.5) is 0 Å². The third-order valence-corrected chi connectivity index (χ3v) is 5.09. The molecule has 0 radical (unpaired) electrons. The van der Waals surface area contributed by atoms with E-state index in [1.807, 2.05) is 61.5 Å². The molecule has 1 heterocycles. The molecule has 0 bridgehead atoms. The number of carbonyl (C=O) groups is 4. The molecule has 2 amide bonds. The standard InChI is InChI=1S/C22H22N2O5/c1-14(15-7-9-17(10-8-15)16-5-3-2-4-6-16)24-12-11-18(25)20(22(24)29)21(28)23-13-19(26)27/h2-10,14,20H,11-13H2,1H3,(H,23,28)(H,26,27). The summed E-state index contributed by atoms with van der Waals surface area (Å²) < 4.78 is 0. The maximum absolute atomic E-state index is 12.8. The number of carboxylic acids is 1. The number of benzene rings is 2. The van der Waals surface area contributed by atoms with E-state index in [1.54, 1.807) is 0 Å². The Kier molecular flexibility index (Phi) is 6.07. The van der Waals surface area contributed by atoms with Crippen molar-refractivity contribution in [2.24, 2.45) is 5.92 Å². The number of nitrogens with zero attached hydrogens (tertiary/aromatic N) is 1. The zero-order chi connectivity index (χ0) is 21.0. The van der Waals surface area contributed by atoms with Gasteiger partial charge in [-0.15, -0.1) is 0 Å². The lowest BCUT2D eigenvalue weighted by Crippen LogP contribution is -2.53. The Morgan fingerprint density at radius 2 is 1.69 bits per heavy atom. The molecular weight excluding hydrogens is 372 g/mol. The molecule has 3 rings (SSSR count). The summed E-state index contributed by atoms with van der Waals surface area (Å²) in [6.45, 7) is 1.44. The lowest BCUT2D eigenvalue weighted by atomic mass is 9.92. The largest absolute Gasteiger partial charge is 0.480 e. The fraction of sp³-hybridized carbons (Fsp3) is 0.273. The SMILES string of the molecule is CC(c1ccc(-c2ccccc2)cc1)N1CCC(=O)C(C(=O)NCC(=O)O)C1=O. The van der Waals surface area contributed by atoms with Crippen molar-refractivity contribution >= 4 is 23.6 Å². The van der Waals surface area contributed by atoms with E-state index >= 15 is 0 Å². The van der Waals surface area contributed by atoms with Crippen LogP contribution in [0.25, 0.3) is 11.1 Å². The van der Waals surface area contributed by atoms with Gasteiger partial charge in [-0.3, -0.25) is 19.2 Å². The van der Waals surface area contributed by atoms with Gasteiger partial charge in [-0.2, -0.15) is 0 Å². The van der Waals surface area contributed by atoms with Gasteiger partial charge in [0.25, 0.3) is 0 Å². The quantitative estimate of drug-likeness (QED) is 0.730. The van der Waals surface area contributed by atoms with Gasteiger partial charge in [-0.1, -0.05) is 54.6 Å². The molecule has 150 valence electrons. The maximum Gasteiger partial charge on any atom is 0.322 e. The van der Waals surface area contributed by atoms with Crippen LogP contribution in [0.1, 0.15) is 24.9 Å². The minimum atomic E-state index is -1.49. The van der Waals surface area contributed by atoms with Crippen LogP contribution in [0.2, 0.25) is 0 Å². The van der Waals surface area contributed by atoms with Crippen molar-refractivity contribution in [3.63, 3.8) is 0 Å². The smallest absolute Gasteiger partial charge is 0.322 e. The first-order valence-electron chi connectivity index (χ1n) is 9.36. The highest BCUT2D eigenvalue weighted by Gasteiger charge is 2.42. The van der Waals surface area contributed by atoms with E-state index in [2.05, 4.69) is 5.32 Å². The molecular formula is C22H22N2O5. The summed E-state index contributed by atoms with van der Waals surface area (Å²) in [5, 5.41) is 10.8. The lowest BCUT2D eigenvalue weighted by molar-refractivity contribution is -0.153. The van der Waals surface area contributed by atoms with Gasteiger partial charge in [0.2, 0.25) is 11.8 Å². The zero-order valence-corrected chi connectivity index (χ0v) is 16.0. The Labute approximate surface area is 168 Å². The van der Waals surface area contributed by atoms with E-state index in [4.69, 9.17) is 5.11 Å². The van der Waals surface area contributed by atoms with E-state index in [0.717, 1.165) is 16.7 Å². The third-order valence-electron chi connectivity index (χ3n) is 5.09. The number of amides is 2. The summed E-state index contributed by atoms with van der Waals surface area (Å²) in [7, 11) is 0. The fourth-order valence-electron chi connectivity index (χ4n) is 3.46. The summed E-state index contributed by atoms with van der Waals surface area (Å²) in [5.41, 5.74) is 3.02. The molecule has 0 aromatic heterocycles. The van der Waals surface area contributed by atoms with Crippen molar-refractivity contribution in [2.45, 2.75) is 19.4 Å². The van der Waals surface area contributed by atoms with Crippen LogP contribution in [0, 0.1) is 5.92 Å². The van der Waals surface area contributed by atoms with Crippen LogP contribution < -0.4 is 5.32 Å². The van der Waals surface area contributed by atoms with Crippen LogP contribution in [-0.4, -0.2) is 46.7 Å². The van der Waals surface area contributed by atoms with Crippen molar-refractivity contribution in [1.29, 1.82) is 0 Å². The molecule has 1 aliphatic rings. The summed E-state index contributed by atoms with van der Waals surface area (Å²) in [4.78, 5) is 49.3. The molecule has 0 saturated carbocycles. The van der Waals surface area contributed by atoms with Gasteiger partial charge in [0.05, 0.1) is 6.04 Å². The van der Waals surface area contributed by atoms with Crippen molar-refractivity contribution in [3.8, 4) is 11.1 Å². The Balaban J connectivity index is 1.75. The van der Waals surface area contributed by atoms with E-state index < -0.39 is 36.0 Å². The van der Waals surface area contributed by atoms with E-state index in [9.17, 15) is 19.2 Å². The molecule has 2 atom stereocenters. The second-order valence-electron chi connectivity index (χ2n) is 6.96. The minimum absolute atomic E-state index is 0.0589. The first-order valence-corrected chi connectivity index (χ1v) is 9.36. The Morgan fingerprint density at radius 1 is 1.07 bits per heavy atom. The first kappa shape index (κ1) is 20.3. The van der Waals surface area contributed by atoms with Gasteiger partial charge in [0, 0.05) is 13.0 Å². The van der Waals surface area contributed by atoms with E-state index in [0.29, 0.717) is 0 Å². The molecule has 1 fully saturated rings. The van der Waals surface area contributed by atoms with Gasteiger partial charge >= 0.3 is 5.97 Å². The van der Waals surface area contributed by atoms with Gasteiger partial charge in [-0.05, 0) is 23.6 Å². The highest BCUT2D eigenvalue weighted by Crippen LogP contribution is 2.28. The lowest BCUT2D eigenvalue weighted by Gasteiger charge is -2.35. The number of Topliss-reactive ketones (excluding diaryl/α,β-unsaturated/α-hetero) is 1. The average molecular weight is 394 g/mol. The first-order chi connectivity index (χ1) is 13.9. The molecule has 2 aromatic rings. The molecule has 2 aromatic carbocycles. The Bertz CT molecular complexity index is 924. The summed E-state index contributed by atoms with van der Waals surface area (Å²) in [6, 6.07) is 17.4. The normalized spacial score (nSPS) is 17.7. The topological polar surface area (TPSA) is 104 Å². The number of nitrogens with one attached hydrogen (secondary N) is 1. The average Bonchev–Trinajstić information content (AvgIpc) is 2.72. The summed E-state index contributed by atoms with van der Waals surface area (Å²) in [5.74, 6) is -4.67. The van der Waals surface area contributed by atoms with Gasteiger partial charge < -0.3 is 15.3 Å². The van der Waals surface area contributed by atoms with Crippen LogP contribution in [0.15, 0.2) is 54.6 Å².